The van der Waals surface area contributed by atoms with E-state index in [1.54, 1.807) is 18.0 Å². The average Bonchev–Trinajstić information content (AvgIpc) is 3.38. The molecule has 0 unspecified atom stereocenters. The van der Waals surface area contributed by atoms with Gasteiger partial charge in [-0.1, -0.05) is 53.7 Å². The first kappa shape index (κ1) is 22.4. The number of Topliss-reactive ketones (excluding diaryl/α,β-unsaturated/α-hetero) is 1. The fraction of sp³-hybridized carbons (Fsp3) is 0.154. The van der Waals surface area contributed by atoms with Crippen molar-refractivity contribution < 1.29 is 9.59 Å². The molecule has 5 rings (SSSR count). The number of carbonyl (C=O) groups is 2. The van der Waals surface area contributed by atoms with E-state index in [1.165, 1.54) is 11.8 Å². The molecule has 0 saturated heterocycles. The molecule has 1 aliphatic heterocycles. The van der Waals surface area contributed by atoms with Crippen molar-refractivity contribution in [3.8, 4) is 5.69 Å². The van der Waals surface area contributed by atoms with E-state index in [0.717, 1.165) is 28.3 Å². The molecule has 4 aromatic rings. The van der Waals surface area contributed by atoms with Gasteiger partial charge in [-0.05, 0) is 53.6 Å². The Bertz CT molecular complexity index is 1370. The number of anilines is 1. The highest BCUT2D eigenvalue weighted by atomic mass is 35.5. The van der Waals surface area contributed by atoms with Gasteiger partial charge in [0.1, 0.15) is 5.82 Å². The zero-order valence-corrected chi connectivity index (χ0v) is 20.0. The number of halogens is 1. The maximum atomic E-state index is 13.0. The molecule has 0 fully saturated rings. The minimum absolute atomic E-state index is 0.0231. The maximum absolute atomic E-state index is 13.0. The van der Waals surface area contributed by atoms with Crippen molar-refractivity contribution in [2.24, 2.45) is 0 Å². The van der Waals surface area contributed by atoms with Crippen LogP contribution in [0.5, 0.6) is 0 Å². The quantitative estimate of drug-likeness (QED) is 0.270. The predicted octanol–water partition coefficient (Wildman–Crippen LogP) is 5.01. The Morgan fingerprint density at radius 1 is 1.03 bits per heavy atom. The monoisotopic (exact) mass is 488 g/mol. The van der Waals surface area contributed by atoms with Crippen molar-refractivity contribution in [1.29, 1.82) is 0 Å². The lowest BCUT2D eigenvalue weighted by atomic mass is 10.1. The molecule has 6 nitrogen and oxygen atoms in total. The fourth-order valence-electron chi connectivity index (χ4n) is 3.99. The van der Waals surface area contributed by atoms with Crippen molar-refractivity contribution in [3.63, 3.8) is 0 Å². The van der Waals surface area contributed by atoms with Crippen molar-refractivity contribution in [3.05, 3.63) is 100 Å². The number of nitrogens with zero attached hydrogens (tertiary/aromatic N) is 4. The lowest BCUT2D eigenvalue weighted by molar-refractivity contribution is -0.117. The van der Waals surface area contributed by atoms with E-state index in [1.807, 2.05) is 71.3 Å². The second-order valence-corrected chi connectivity index (χ2v) is 9.44. The van der Waals surface area contributed by atoms with Crippen molar-refractivity contribution in [2.75, 3.05) is 17.7 Å². The molecule has 0 bridgehead atoms. The summed E-state index contributed by atoms with van der Waals surface area (Å²) in [6.45, 7) is 0. The Hall–Kier alpha value is -3.42. The number of likely N-dealkylation sites (N-methyl/N-ethyl adjacent to an activating group) is 1. The average molecular weight is 489 g/mol. The van der Waals surface area contributed by atoms with Crippen LogP contribution in [0.1, 0.15) is 27.3 Å². The molecular formula is C26H21ClN4O2S. The summed E-state index contributed by atoms with van der Waals surface area (Å²) in [5.41, 5.74) is 4.35. The summed E-state index contributed by atoms with van der Waals surface area (Å²) >= 11 is 7.44. The highest BCUT2D eigenvalue weighted by Gasteiger charge is 2.25. The van der Waals surface area contributed by atoms with E-state index in [4.69, 9.17) is 11.6 Å². The fourth-order valence-corrected chi connectivity index (χ4v) is 4.98. The van der Waals surface area contributed by atoms with Gasteiger partial charge in [0.15, 0.2) is 10.9 Å². The topological polar surface area (TPSA) is 68.1 Å². The molecule has 0 saturated carbocycles. The van der Waals surface area contributed by atoms with Gasteiger partial charge in [-0.2, -0.15) is 0 Å². The number of thioether (sulfide) groups is 1. The van der Waals surface area contributed by atoms with Gasteiger partial charge in [0, 0.05) is 35.4 Å². The summed E-state index contributed by atoms with van der Waals surface area (Å²) in [4.78, 5) is 26.6. The molecule has 0 N–H and O–H groups in total. The number of amides is 1. The number of fused-ring (bicyclic) bond motifs is 1. The molecule has 0 atom stereocenters. The third kappa shape index (κ3) is 4.49. The van der Waals surface area contributed by atoms with Gasteiger partial charge in [0.25, 0.3) is 0 Å². The van der Waals surface area contributed by atoms with Crippen LogP contribution in [0.25, 0.3) is 5.69 Å². The lowest BCUT2D eigenvalue weighted by Crippen LogP contribution is -2.20. The molecule has 0 aliphatic carbocycles. The summed E-state index contributed by atoms with van der Waals surface area (Å²) in [5.74, 6) is 1.00. The molecule has 8 heteroatoms. The maximum Gasteiger partial charge on any atom is 0.231 e. The van der Waals surface area contributed by atoms with E-state index < -0.39 is 0 Å². The number of hydrogen-bond acceptors (Lipinski definition) is 5. The Morgan fingerprint density at radius 2 is 1.79 bits per heavy atom. The minimum Gasteiger partial charge on any atom is -0.315 e. The van der Waals surface area contributed by atoms with E-state index in [2.05, 4.69) is 10.2 Å². The molecule has 0 spiro atoms. The smallest absolute Gasteiger partial charge is 0.231 e. The van der Waals surface area contributed by atoms with E-state index in [9.17, 15) is 9.59 Å². The van der Waals surface area contributed by atoms with Crippen LogP contribution in [-0.4, -0.2) is 39.3 Å². The first-order valence-corrected chi connectivity index (χ1v) is 12.2. The largest absolute Gasteiger partial charge is 0.315 e. The Balaban J connectivity index is 1.39. The van der Waals surface area contributed by atoms with Crippen molar-refractivity contribution in [1.82, 2.24) is 14.8 Å². The van der Waals surface area contributed by atoms with Gasteiger partial charge in [-0.15, -0.1) is 10.2 Å². The zero-order chi connectivity index (χ0) is 23.7. The third-order valence-corrected chi connectivity index (χ3v) is 6.98. The van der Waals surface area contributed by atoms with Gasteiger partial charge >= 0.3 is 0 Å². The SMILES string of the molecule is CN1C(=O)Cc2cc(C(=O)CSc3nnc(Cc4ccccc4)n3-c3ccc(Cl)cc3)ccc21. The van der Waals surface area contributed by atoms with Crippen LogP contribution in [0.2, 0.25) is 5.02 Å². The van der Waals surface area contributed by atoms with Crippen LogP contribution in [0.15, 0.2) is 78.0 Å². The highest BCUT2D eigenvalue weighted by Crippen LogP contribution is 2.30. The van der Waals surface area contributed by atoms with Crippen LogP contribution >= 0.6 is 23.4 Å². The number of hydrogen-bond donors (Lipinski definition) is 0. The molecule has 1 aliphatic rings. The van der Waals surface area contributed by atoms with Gasteiger partial charge in [0.05, 0.1) is 12.2 Å². The molecule has 1 amide bonds. The first-order valence-electron chi connectivity index (χ1n) is 10.8. The van der Waals surface area contributed by atoms with E-state index in [-0.39, 0.29) is 17.4 Å². The molecule has 1 aromatic heterocycles. The number of ketones is 1. The van der Waals surface area contributed by atoms with Crippen molar-refractivity contribution >= 4 is 40.7 Å². The second-order valence-electron chi connectivity index (χ2n) is 8.06. The Morgan fingerprint density at radius 3 is 2.56 bits per heavy atom. The Kier molecular flexibility index (Phi) is 6.22. The first-order chi connectivity index (χ1) is 16.5. The summed E-state index contributed by atoms with van der Waals surface area (Å²) in [6, 6.07) is 23.0. The van der Waals surface area contributed by atoms with Gasteiger partial charge in [0.2, 0.25) is 5.91 Å². The minimum atomic E-state index is -0.0231. The molecule has 2 heterocycles. The predicted molar refractivity (Wildman–Crippen MR) is 134 cm³/mol. The second kappa shape index (κ2) is 9.44. The molecule has 170 valence electrons. The zero-order valence-electron chi connectivity index (χ0n) is 18.4. The number of carbonyl (C=O) groups excluding carboxylic acids is 2. The standard InChI is InChI=1S/C26H21ClN4O2S/c1-30-22-12-7-18(14-19(22)15-25(30)33)23(32)16-34-26-29-28-24(13-17-5-3-2-4-6-17)31(26)21-10-8-20(27)9-11-21/h2-12,14H,13,15-16H2,1H3. The number of rotatable bonds is 7. The summed E-state index contributed by atoms with van der Waals surface area (Å²) in [7, 11) is 1.75. The molecular weight excluding hydrogens is 468 g/mol. The van der Waals surface area contributed by atoms with E-state index >= 15 is 0 Å². The van der Waals surface area contributed by atoms with Crippen LogP contribution in [0.3, 0.4) is 0 Å². The van der Waals surface area contributed by atoms with Crippen LogP contribution < -0.4 is 4.90 Å². The van der Waals surface area contributed by atoms with Gasteiger partial charge in [-0.25, -0.2) is 0 Å². The number of aromatic nitrogens is 3. The van der Waals surface area contributed by atoms with Crippen molar-refractivity contribution in [2.45, 2.75) is 18.0 Å². The lowest BCUT2D eigenvalue weighted by Gasteiger charge is -2.11. The summed E-state index contributed by atoms with van der Waals surface area (Å²) in [6.07, 6.45) is 0.936. The summed E-state index contributed by atoms with van der Waals surface area (Å²) < 4.78 is 1.97. The summed E-state index contributed by atoms with van der Waals surface area (Å²) in [5, 5.41) is 10.1. The highest BCUT2D eigenvalue weighted by molar-refractivity contribution is 7.99. The Labute approximate surface area is 206 Å². The van der Waals surface area contributed by atoms with Gasteiger partial charge < -0.3 is 4.90 Å². The van der Waals surface area contributed by atoms with Crippen LogP contribution in [0.4, 0.5) is 5.69 Å². The van der Waals surface area contributed by atoms with Crippen LogP contribution in [-0.2, 0) is 17.6 Å². The third-order valence-electron chi connectivity index (χ3n) is 5.80. The van der Waals surface area contributed by atoms with Crippen LogP contribution in [0, 0.1) is 0 Å². The molecule has 34 heavy (non-hydrogen) atoms. The molecule has 3 aromatic carbocycles. The number of benzene rings is 3. The normalized spacial score (nSPS) is 12.8. The van der Waals surface area contributed by atoms with Gasteiger partial charge in [-0.3, -0.25) is 14.2 Å². The molecule has 0 radical (unpaired) electrons. The van der Waals surface area contributed by atoms with E-state index in [0.29, 0.717) is 28.6 Å².